The molecule has 4 N–H and O–H groups in total. The lowest BCUT2D eigenvalue weighted by Crippen LogP contribution is -2.56. The van der Waals surface area contributed by atoms with Crippen LogP contribution in [0.5, 0.6) is 0 Å². The molecule has 26 heavy (non-hydrogen) atoms. The number of hydrogen-bond acceptors (Lipinski definition) is 7. The molecular weight excluding hydrogens is 363 g/mol. The van der Waals surface area contributed by atoms with Crippen molar-refractivity contribution in [2.45, 2.75) is 58.2 Å². The number of amides is 1. The van der Waals surface area contributed by atoms with Gasteiger partial charge in [0, 0.05) is 13.0 Å². The molecule has 0 radical (unpaired) electrons. The van der Waals surface area contributed by atoms with E-state index in [1.165, 1.54) is 6.92 Å². The monoisotopic (exact) mass is 392 g/mol. The highest BCUT2D eigenvalue weighted by atomic mass is 31.2. The normalized spacial score (nSPS) is 26.3. The average Bonchev–Trinajstić information content (AvgIpc) is 2.54. The van der Waals surface area contributed by atoms with Crippen LogP contribution < -0.4 is 11.1 Å². The summed E-state index contributed by atoms with van der Waals surface area (Å²) in [6.07, 6.45) is 3.27. The predicted molar refractivity (Wildman–Crippen MR) is 95.0 cm³/mol. The van der Waals surface area contributed by atoms with E-state index in [0.717, 1.165) is 12.0 Å². The standard InChI is InChI=1S/C16H29N2O7P/c1-4-11(2)9-23-15-8-13(5-6-24-26(21,22)25-10-19)7-14(17)16(15)18-12(3)20/h8,10-11,14-16H,4-7,9,17H2,1-3H3,(H,18,20)(H,21,22)/t11?,14-,15+,16+/m0/s1. The number of carbonyl (C=O) groups is 2. The molecule has 0 aliphatic heterocycles. The van der Waals surface area contributed by atoms with E-state index in [2.05, 4.69) is 23.7 Å². The van der Waals surface area contributed by atoms with Crippen molar-refractivity contribution >= 4 is 20.2 Å². The first-order chi connectivity index (χ1) is 12.2. The van der Waals surface area contributed by atoms with Gasteiger partial charge in [-0.1, -0.05) is 31.9 Å². The Labute approximate surface area is 153 Å². The summed E-state index contributed by atoms with van der Waals surface area (Å²) in [4.78, 5) is 30.8. The summed E-state index contributed by atoms with van der Waals surface area (Å²) in [5, 5.41) is 2.83. The summed E-state index contributed by atoms with van der Waals surface area (Å²) in [6.45, 7) is 5.86. The van der Waals surface area contributed by atoms with Gasteiger partial charge >= 0.3 is 14.3 Å². The predicted octanol–water partition coefficient (Wildman–Crippen LogP) is 1.26. The highest BCUT2D eigenvalue weighted by Gasteiger charge is 2.33. The van der Waals surface area contributed by atoms with Crippen molar-refractivity contribution < 1.29 is 32.8 Å². The van der Waals surface area contributed by atoms with Crippen LogP contribution in [0.3, 0.4) is 0 Å². The maximum absolute atomic E-state index is 11.5. The third kappa shape index (κ3) is 7.97. The number of phosphoric ester groups is 1. The van der Waals surface area contributed by atoms with Crippen molar-refractivity contribution in [3.63, 3.8) is 0 Å². The van der Waals surface area contributed by atoms with Crippen molar-refractivity contribution in [1.82, 2.24) is 5.32 Å². The Balaban J connectivity index is 2.75. The zero-order valence-corrected chi connectivity index (χ0v) is 16.3. The molecular formula is C16H29N2O7P. The molecule has 1 aliphatic carbocycles. The van der Waals surface area contributed by atoms with Crippen LogP contribution in [0.4, 0.5) is 0 Å². The van der Waals surface area contributed by atoms with Crippen molar-refractivity contribution in [2.24, 2.45) is 11.7 Å². The van der Waals surface area contributed by atoms with Gasteiger partial charge in [-0.05, 0) is 18.8 Å². The molecule has 0 fully saturated rings. The zero-order valence-electron chi connectivity index (χ0n) is 15.4. The Morgan fingerprint density at radius 2 is 2.27 bits per heavy atom. The SMILES string of the molecule is CCC(C)CO[C@@H]1C=C(CCOP(=O)(O)OC=O)C[C@H](N)[C@H]1NC(C)=O. The van der Waals surface area contributed by atoms with Crippen molar-refractivity contribution in [1.29, 1.82) is 0 Å². The Morgan fingerprint density at radius 1 is 1.58 bits per heavy atom. The van der Waals surface area contributed by atoms with Gasteiger partial charge in [0.1, 0.15) is 0 Å². The molecule has 0 spiro atoms. The lowest BCUT2D eigenvalue weighted by Gasteiger charge is -2.36. The molecule has 0 bridgehead atoms. The Bertz CT molecular complexity index is 555. The second-order valence-electron chi connectivity index (χ2n) is 6.48. The molecule has 0 aromatic rings. The third-order valence-electron chi connectivity index (χ3n) is 4.21. The van der Waals surface area contributed by atoms with Gasteiger partial charge in [-0.3, -0.25) is 19.0 Å². The Hall–Kier alpha value is -1.25. The lowest BCUT2D eigenvalue weighted by molar-refractivity contribution is -0.122. The number of nitrogens with two attached hydrogens (primary N) is 1. The van der Waals surface area contributed by atoms with Gasteiger partial charge < -0.3 is 20.3 Å². The smallest absolute Gasteiger partial charge is 0.373 e. The van der Waals surface area contributed by atoms with Gasteiger partial charge in [-0.2, -0.15) is 0 Å². The lowest BCUT2D eigenvalue weighted by atomic mass is 9.87. The van der Waals surface area contributed by atoms with Crippen LogP contribution in [0.1, 0.15) is 40.0 Å². The second kappa shape index (κ2) is 10.8. The molecule has 1 aliphatic rings. The molecule has 2 unspecified atom stereocenters. The van der Waals surface area contributed by atoms with E-state index in [0.29, 0.717) is 25.4 Å². The maximum Gasteiger partial charge on any atom is 0.529 e. The first-order valence-corrected chi connectivity index (χ1v) is 10.1. The fraction of sp³-hybridized carbons (Fsp3) is 0.750. The van der Waals surface area contributed by atoms with E-state index in [-0.39, 0.29) is 37.2 Å². The van der Waals surface area contributed by atoms with Crippen LogP contribution in [0.25, 0.3) is 0 Å². The molecule has 0 saturated carbocycles. The van der Waals surface area contributed by atoms with Crippen LogP contribution >= 0.6 is 7.82 Å². The van der Waals surface area contributed by atoms with E-state index in [1.807, 2.05) is 6.08 Å². The number of ether oxygens (including phenoxy) is 1. The summed E-state index contributed by atoms with van der Waals surface area (Å²) in [7, 11) is -4.37. The molecule has 10 heteroatoms. The van der Waals surface area contributed by atoms with Crippen LogP contribution in [0.2, 0.25) is 0 Å². The van der Waals surface area contributed by atoms with Crippen LogP contribution in [0.15, 0.2) is 11.6 Å². The largest absolute Gasteiger partial charge is 0.529 e. The molecule has 1 amide bonds. The topological polar surface area (TPSA) is 137 Å². The van der Waals surface area contributed by atoms with Gasteiger partial charge in [0.2, 0.25) is 5.91 Å². The summed E-state index contributed by atoms with van der Waals surface area (Å²) in [5.74, 6) is 0.182. The minimum Gasteiger partial charge on any atom is -0.373 e. The molecule has 5 atom stereocenters. The number of carbonyl (C=O) groups excluding carboxylic acids is 2. The summed E-state index contributed by atoms with van der Waals surface area (Å²) in [6, 6.07) is -0.698. The van der Waals surface area contributed by atoms with Gasteiger partial charge in [-0.25, -0.2) is 4.57 Å². The first-order valence-electron chi connectivity index (χ1n) is 8.61. The summed E-state index contributed by atoms with van der Waals surface area (Å²) in [5.41, 5.74) is 7.09. The quantitative estimate of drug-likeness (QED) is 0.271. The zero-order chi connectivity index (χ0) is 19.7. The highest BCUT2D eigenvalue weighted by molar-refractivity contribution is 7.47. The molecule has 0 saturated heterocycles. The number of rotatable bonds is 11. The van der Waals surface area contributed by atoms with E-state index >= 15 is 0 Å². The molecule has 0 aromatic carbocycles. The average molecular weight is 392 g/mol. The van der Waals surface area contributed by atoms with E-state index in [1.54, 1.807) is 0 Å². The van der Waals surface area contributed by atoms with Crippen LogP contribution in [0, 0.1) is 5.92 Å². The van der Waals surface area contributed by atoms with E-state index in [9.17, 15) is 19.0 Å². The van der Waals surface area contributed by atoms with Gasteiger partial charge in [0.15, 0.2) is 0 Å². The second-order valence-corrected chi connectivity index (χ2v) is 7.89. The van der Waals surface area contributed by atoms with Crippen molar-refractivity contribution in [2.75, 3.05) is 13.2 Å². The minimum absolute atomic E-state index is 0.108. The Morgan fingerprint density at radius 3 is 2.85 bits per heavy atom. The van der Waals surface area contributed by atoms with Crippen molar-refractivity contribution in [3.8, 4) is 0 Å². The summed E-state index contributed by atoms with van der Waals surface area (Å²) < 4.78 is 26.0. The first kappa shape index (κ1) is 22.8. The molecule has 0 heterocycles. The van der Waals surface area contributed by atoms with E-state index in [4.69, 9.17) is 15.0 Å². The molecule has 0 aromatic heterocycles. The summed E-state index contributed by atoms with van der Waals surface area (Å²) >= 11 is 0. The molecule has 9 nitrogen and oxygen atoms in total. The van der Waals surface area contributed by atoms with Crippen LogP contribution in [-0.2, 0) is 27.9 Å². The maximum atomic E-state index is 11.5. The van der Waals surface area contributed by atoms with Crippen LogP contribution in [-0.4, -0.2) is 48.7 Å². The third-order valence-corrected chi connectivity index (χ3v) is 5.07. The van der Waals surface area contributed by atoms with Gasteiger partial charge in [-0.15, -0.1) is 0 Å². The van der Waals surface area contributed by atoms with Crippen molar-refractivity contribution in [3.05, 3.63) is 11.6 Å². The van der Waals surface area contributed by atoms with Gasteiger partial charge in [0.05, 0.1) is 25.4 Å². The number of phosphoric acid groups is 1. The number of hydrogen-bond donors (Lipinski definition) is 3. The number of nitrogens with one attached hydrogen (secondary N) is 1. The van der Waals surface area contributed by atoms with E-state index < -0.39 is 7.82 Å². The highest BCUT2D eigenvalue weighted by Crippen LogP contribution is 2.42. The molecule has 150 valence electrons. The minimum atomic E-state index is -4.37. The fourth-order valence-corrected chi connectivity index (χ4v) is 3.10. The fourth-order valence-electron chi connectivity index (χ4n) is 2.61. The molecule has 1 rings (SSSR count). The Kier molecular flexibility index (Phi) is 9.46. The van der Waals surface area contributed by atoms with Gasteiger partial charge in [0.25, 0.3) is 0 Å².